The molecule has 2 aromatic heterocycles. The molecule has 0 bridgehead atoms. The van der Waals surface area contributed by atoms with Crippen LogP contribution in [-0.4, -0.2) is 12.6 Å². The van der Waals surface area contributed by atoms with E-state index >= 15 is 0 Å². The molecule has 92 valence electrons. The molecule has 1 N–H and O–H groups in total. The van der Waals surface area contributed by atoms with E-state index in [2.05, 4.69) is 23.7 Å². The quantitative estimate of drug-likeness (QED) is 0.821. The molecule has 17 heavy (non-hydrogen) atoms. The summed E-state index contributed by atoms with van der Waals surface area (Å²) >= 11 is 1.73. The first-order chi connectivity index (χ1) is 8.34. The number of ether oxygens (including phenoxy) is 1. The lowest BCUT2D eigenvalue weighted by molar-refractivity contribution is 0.0544. The summed E-state index contributed by atoms with van der Waals surface area (Å²) in [6, 6.07) is 7.99. The standard InChI is InChI=1S/C13H17NO2S/c1-11(16-10-13-5-3-7-17-13)8-14-9-12-4-2-6-15-12/h2-7,11,14H,8-10H2,1H3. The van der Waals surface area contributed by atoms with Crippen molar-refractivity contribution in [2.75, 3.05) is 6.54 Å². The molecule has 0 saturated carbocycles. The largest absolute Gasteiger partial charge is 0.468 e. The fourth-order valence-corrected chi connectivity index (χ4v) is 2.11. The second-order valence-corrected chi connectivity index (χ2v) is 4.94. The summed E-state index contributed by atoms with van der Waals surface area (Å²) in [4.78, 5) is 1.27. The van der Waals surface area contributed by atoms with Gasteiger partial charge in [-0.2, -0.15) is 0 Å². The minimum atomic E-state index is 0.201. The van der Waals surface area contributed by atoms with Crippen molar-refractivity contribution in [2.45, 2.75) is 26.2 Å². The fourth-order valence-electron chi connectivity index (χ4n) is 1.49. The van der Waals surface area contributed by atoms with Crippen LogP contribution in [0.4, 0.5) is 0 Å². The predicted octanol–water partition coefficient (Wildman–Crippen LogP) is 3.04. The summed E-state index contributed by atoms with van der Waals surface area (Å²) in [5.41, 5.74) is 0. The van der Waals surface area contributed by atoms with Gasteiger partial charge in [-0.05, 0) is 30.5 Å². The molecule has 1 atom stereocenters. The van der Waals surface area contributed by atoms with Gasteiger partial charge in [0.1, 0.15) is 5.76 Å². The van der Waals surface area contributed by atoms with Gasteiger partial charge in [-0.1, -0.05) is 6.07 Å². The van der Waals surface area contributed by atoms with E-state index in [-0.39, 0.29) is 6.10 Å². The maximum absolute atomic E-state index is 5.72. The van der Waals surface area contributed by atoms with E-state index in [1.807, 2.05) is 18.2 Å². The molecule has 2 rings (SSSR count). The van der Waals surface area contributed by atoms with Crippen LogP contribution in [0.1, 0.15) is 17.6 Å². The SMILES string of the molecule is CC(CNCc1ccco1)OCc1cccs1. The number of nitrogens with one attached hydrogen (secondary N) is 1. The Bertz CT molecular complexity index is 397. The summed E-state index contributed by atoms with van der Waals surface area (Å²) in [5, 5.41) is 5.37. The van der Waals surface area contributed by atoms with E-state index in [1.165, 1.54) is 4.88 Å². The number of hydrogen-bond acceptors (Lipinski definition) is 4. The van der Waals surface area contributed by atoms with Gasteiger partial charge in [0, 0.05) is 11.4 Å². The maximum Gasteiger partial charge on any atom is 0.117 e. The van der Waals surface area contributed by atoms with Crippen LogP contribution < -0.4 is 5.32 Å². The molecule has 0 aliphatic rings. The van der Waals surface area contributed by atoms with Crippen molar-refractivity contribution >= 4 is 11.3 Å². The van der Waals surface area contributed by atoms with E-state index in [0.29, 0.717) is 6.61 Å². The summed E-state index contributed by atoms with van der Waals surface area (Å²) in [5.74, 6) is 0.954. The van der Waals surface area contributed by atoms with Gasteiger partial charge in [-0.15, -0.1) is 11.3 Å². The molecule has 1 unspecified atom stereocenters. The van der Waals surface area contributed by atoms with Crippen molar-refractivity contribution in [1.29, 1.82) is 0 Å². The van der Waals surface area contributed by atoms with Crippen LogP contribution in [0.3, 0.4) is 0 Å². The third-order valence-electron chi connectivity index (χ3n) is 2.40. The Labute approximate surface area is 105 Å². The second-order valence-electron chi connectivity index (χ2n) is 3.91. The molecule has 0 aliphatic heterocycles. The summed E-state index contributed by atoms with van der Waals surface area (Å²) in [6.45, 7) is 4.34. The van der Waals surface area contributed by atoms with Crippen LogP contribution >= 0.6 is 11.3 Å². The molecular weight excluding hydrogens is 234 g/mol. The van der Waals surface area contributed by atoms with Gasteiger partial charge in [0.15, 0.2) is 0 Å². The van der Waals surface area contributed by atoms with E-state index in [9.17, 15) is 0 Å². The molecule has 0 spiro atoms. The van der Waals surface area contributed by atoms with Crippen LogP contribution in [0.2, 0.25) is 0 Å². The van der Waals surface area contributed by atoms with Crippen molar-refractivity contribution in [3.63, 3.8) is 0 Å². The van der Waals surface area contributed by atoms with Gasteiger partial charge in [0.05, 0.1) is 25.5 Å². The van der Waals surface area contributed by atoms with E-state index in [4.69, 9.17) is 9.15 Å². The minimum absolute atomic E-state index is 0.201. The van der Waals surface area contributed by atoms with E-state index < -0.39 is 0 Å². The molecule has 2 heterocycles. The molecule has 3 nitrogen and oxygen atoms in total. The average Bonchev–Trinajstić information content (AvgIpc) is 2.99. The van der Waals surface area contributed by atoms with Crippen molar-refractivity contribution in [3.05, 3.63) is 46.5 Å². The van der Waals surface area contributed by atoms with Gasteiger partial charge in [-0.25, -0.2) is 0 Å². The van der Waals surface area contributed by atoms with Crippen molar-refractivity contribution in [2.24, 2.45) is 0 Å². The molecule has 0 saturated heterocycles. The smallest absolute Gasteiger partial charge is 0.117 e. The fraction of sp³-hybridized carbons (Fsp3) is 0.385. The van der Waals surface area contributed by atoms with Gasteiger partial charge in [-0.3, -0.25) is 0 Å². The number of rotatable bonds is 7. The first-order valence-corrected chi connectivity index (χ1v) is 6.59. The summed E-state index contributed by atoms with van der Waals surface area (Å²) in [7, 11) is 0. The number of furan rings is 1. The Hall–Kier alpha value is -1.10. The predicted molar refractivity (Wildman–Crippen MR) is 69.0 cm³/mol. The topological polar surface area (TPSA) is 34.4 Å². The average molecular weight is 251 g/mol. The van der Waals surface area contributed by atoms with Gasteiger partial charge in [0.25, 0.3) is 0 Å². The van der Waals surface area contributed by atoms with Gasteiger partial charge < -0.3 is 14.5 Å². The normalized spacial score (nSPS) is 12.8. The zero-order valence-corrected chi connectivity index (χ0v) is 10.7. The van der Waals surface area contributed by atoms with Crippen LogP contribution in [0.5, 0.6) is 0 Å². The lowest BCUT2D eigenvalue weighted by Gasteiger charge is -2.12. The highest BCUT2D eigenvalue weighted by Crippen LogP contribution is 2.10. The maximum atomic E-state index is 5.72. The third kappa shape index (κ3) is 4.34. The van der Waals surface area contributed by atoms with E-state index in [0.717, 1.165) is 18.8 Å². The second kappa shape index (κ2) is 6.59. The van der Waals surface area contributed by atoms with Crippen molar-refractivity contribution in [1.82, 2.24) is 5.32 Å². The Balaban J connectivity index is 1.59. The van der Waals surface area contributed by atoms with Crippen molar-refractivity contribution < 1.29 is 9.15 Å². The molecule has 0 radical (unpaired) electrons. The third-order valence-corrected chi connectivity index (χ3v) is 3.25. The van der Waals surface area contributed by atoms with E-state index in [1.54, 1.807) is 17.6 Å². The highest BCUT2D eigenvalue weighted by Gasteiger charge is 2.03. The first kappa shape index (κ1) is 12.4. The Morgan fingerprint density at radius 1 is 1.41 bits per heavy atom. The van der Waals surface area contributed by atoms with Crippen LogP contribution in [0.25, 0.3) is 0 Å². The van der Waals surface area contributed by atoms with Crippen LogP contribution in [-0.2, 0) is 17.9 Å². The first-order valence-electron chi connectivity index (χ1n) is 5.71. The minimum Gasteiger partial charge on any atom is -0.468 e. The molecular formula is C13H17NO2S. The zero-order valence-electron chi connectivity index (χ0n) is 9.89. The zero-order chi connectivity index (χ0) is 11.9. The monoisotopic (exact) mass is 251 g/mol. The highest BCUT2D eigenvalue weighted by atomic mass is 32.1. The van der Waals surface area contributed by atoms with Crippen molar-refractivity contribution in [3.8, 4) is 0 Å². The Morgan fingerprint density at radius 3 is 3.06 bits per heavy atom. The molecule has 0 aromatic carbocycles. The lowest BCUT2D eigenvalue weighted by atomic mass is 10.3. The van der Waals surface area contributed by atoms with Gasteiger partial charge >= 0.3 is 0 Å². The molecule has 4 heteroatoms. The summed E-state index contributed by atoms with van der Waals surface area (Å²) < 4.78 is 11.0. The highest BCUT2D eigenvalue weighted by molar-refractivity contribution is 7.09. The molecule has 0 amide bonds. The molecule has 0 aliphatic carbocycles. The van der Waals surface area contributed by atoms with Gasteiger partial charge in [0.2, 0.25) is 0 Å². The number of thiophene rings is 1. The molecule has 2 aromatic rings. The van der Waals surface area contributed by atoms with Crippen LogP contribution in [0, 0.1) is 0 Å². The Kier molecular flexibility index (Phi) is 4.79. The molecule has 0 fully saturated rings. The lowest BCUT2D eigenvalue weighted by Crippen LogP contribution is -2.26. The summed E-state index contributed by atoms with van der Waals surface area (Å²) in [6.07, 6.45) is 1.89. The number of hydrogen-bond donors (Lipinski definition) is 1. The van der Waals surface area contributed by atoms with Crippen LogP contribution in [0.15, 0.2) is 40.3 Å². The Morgan fingerprint density at radius 2 is 2.35 bits per heavy atom.